The van der Waals surface area contributed by atoms with Gasteiger partial charge in [-0.05, 0) is 43.2 Å². The van der Waals surface area contributed by atoms with Crippen molar-refractivity contribution in [1.29, 1.82) is 0 Å². The summed E-state index contributed by atoms with van der Waals surface area (Å²) < 4.78 is 54.4. The molecule has 1 aliphatic rings. The van der Waals surface area contributed by atoms with Gasteiger partial charge >= 0.3 is 0 Å². The van der Waals surface area contributed by atoms with Crippen molar-refractivity contribution in [1.82, 2.24) is 19.6 Å². The lowest BCUT2D eigenvalue weighted by molar-refractivity contribution is 0.146. The van der Waals surface area contributed by atoms with Crippen molar-refractivity contribution in [3.63, 3.8) is 0 Å². The van der Waals surface area contributed by atoms with Gasteiger partial charge in [-0.15, -0.1) is 5.10 Å². The number of anilines is 1. The molecule has 0 aliphatic carbocycles. The number of benzene rings is 1. The highest BCUT2D eigenvalue weighted by Gasteiger charge is 2.24. The molecule has 1 aromatic carbocycles. The van der Waals surface area contributed by atoms with Crippen LogP contribution in [0.4, 0.5) is 23.4 Å². The van der Waals surface area contributed by atoms with Crippen molar-refractivity contribution in [2.24, 2.45) is 0 Å². The van der Waals surface area contributed by atoms with E-state index in [4.69, 9.17) is 0 Å². The van der Waals surface area contributed by atoms with Crippen LogP contribution in [0.3, 0.4) is 0 Å². The molecule has 4 aromatic rings. The first-order chi connectivity index (χ1) is 16.2. The lowest BCUT2D eigenvalue weighted by atomic mass is 9.99. The molecule has 4 heterocycles. The molecule has 1 aliphatic heterocycles. The van der Waals surface area contributed by atoms with Gasteiger partial charge in [-0.25, -0.2) is 22.5 Å². The third kappa shape index (κ3) is 3.68. The summed E-state index contributed by atoms with van der Waals surface area (Å²) >= 11 is 0. The SMILES string of the molecule is Cc1c(N2CCc3ncc(-c4ccc(F)c(F)c4)cc3C2)nn2c(=O)cc(C(F)F)nc2c1C. The second-order valence-corrected chi connectivity index (χ2v) is 8.26. The minimum absolute atomic E-state index is 0.101. The summed E-state index contributed by atoms with van der Waals surface area (Å²) in [6.45, 7) is 4.54. The number of alkyl halides is 2. The van der Waals surface area contributed by atoms with Gasteiger partial charge in [0.05, 0.1) is 0 Å². The summed E-state index contributed by atoms with van der Waals surface area (Å²) in [6, 6.07) is 6.38. The first-order valence-electron chi connectivity index (χ1n) is 10.6. The predicted octanol–water partition coefficient (Wildman–Crippen LogP) is 4.55. The number of hydrogen-bond acceptors (Lipinski definition) is 5. The molecule has 0 radical (unpaired) electrons. The van der Waals surface area contributed by atoms with Crippen molar-refractivity contribution in [2.45, 2.75) is 33.2 Å². The van der Waals surface area contributed by atoms with Gasteiger partial charge in [0, 0.05) is 54.2 Å². The fourth-order valence-corrected chi connectivity index (χ4v) is 4.19. The van der Waals surface area contributed by atoms with Crippen molar-refractivity contribution in [3.05, 3.63) is 86.6 Å². The zero-order valence-corrected chi connectivity index (χ0v) is 18.3. The smallest absolute Gasteiger partial charge is 0.280 e. The molecule has 0 bridgehead atoms. The quantitative estimate of drug-likeness (QED) is 0.412. The molecule has 0 saturated carbocycles. The van der Waals surface area contributed by atoms with Gasteiger partial charge in [0.15, 0.2) is 23.1 Å². The Morgan fingerprint density at radius 3 is 2.53 bits per heavy atom. The second-order valence-electron chi connectivity index (χ2n) is 8.26. The van der Waals surface area contributed by atoms with Gasteiger partial charge in [-0.2, -0.15) is 4.52 Å². The molecule has 0 spiro atoms. The number of nitrogens with zero attached hydrogens (tertiary/aromatic N) is 5. The first-order valence-corrected chi connectivity index (χ1v) is 10.6. The molecule has 0 saturated heterocycles. The Morgan fingerprint density at radius 1 is 1.00 bits per heavy atom. The Bertz CT molecular complexity index is 1500. The third-order valence-corrected chi connectivity index (χ3v) is 6.16. The second kappa shape index (κ2) is 8.19. The zero-order chi connectivity index (χ0) is 24.1. The number of aromatic nitrogens is 4. The molecular weight excluding hydrogens is 450 g/mol. The van der Waals surface area contributed by atoms with E-state index in [1.165, 1.54) is 6.07 Å². The van der Waals surface area contributed by atoms with E-state index in [1.807, 2.05) is 17.9 Å². The molecule has 0 unspecified atom stereocenters. The van der Waals surface area contributed by atoms with Crippen LogP contribution in [0.1, 0.15) is 34.5 Å². The number of pyridine rings is 1. The van der Waals surface area contributed by atoms with E-state index in [1.54, 1.807) is 13.1 Å². The minimum Gasteiger partial charge on any atom is -0.350 e. The Labute approximate surface area is 191 Å². The molecule has 0 fully saturated rings. The monoisotopic (exact) mass is 469 g/mol. The standard InChI is InChI=1S/C24H19F4N5O/c1-12-13(2)24(31-33-21(34)9-20(22(27)28)30-23(12)33)32-6-5-19-16(11-32)7-15(10-29-19)14-3-4-17(25)18(26)8-14/h3-4,7-10,22H,5-6,11H2,1-2H3. The lowest BCUT2D eigenvalue weighted by Crippen LogP contribution is -2.34. The molecule has 5 rings (SSSR count). The van der Waals surface area contributed by atoms with E-state index in [0.717, 1.165) is 39.5 Å². The largest absolute Gasteiger partial charge is 0.350 e. The Morgan fingerprint density at radius 2 is 1.79 bits per heavy atom. The van der Waals surface area contributed by atoms with E-state index in [9.17, 15) is 22.4 Å². The van der Waals surface area contributed by atoms with Crippen LogP contribution < -0.4 is 10.5 Å². The van der Waals surface area contributed by atoms with Crippen molar-refractivity contribution < 1.29 is 17.6 Å². The van der Waals surface area contributed by atoms with Crippen LogP contribution >= 0.6 is 0 Å². The maximum atomic E-state index is 13.7. The summed E-state index contributed by atoms with van der Waals surface area (Å²) in [5.74, 6) is -1.31. The number of hydrogen-bond donors (Lipinski definition) is 0. The summed E-state index contributed by atoms with van der Waals surface area (Å²) in [5.41, 5.74) is 3.10. The lowest BCUT2D eigenvalue weighted by Gasteiger charge is -2.31. The van der Waals surface area contributed by atoms with Crippen LogP contribution in [0.25, 0.3) is 16.8 Å². The van der Waals surface area contributed by atoms with Crippen molar-refractivity contribution in [3.8, 4) is 11.1 Å². The highest BCUT2D eigenvalue weighted by molar-refractivity contribution is 5.65. The van der Waals surface area contributed by atoms with Gasteiger partial charge < -0.3 is 4.90 Å². The number of fused-ring (bicyclic) bond motifs is 2. The Hall–Kier alpha value is -3.82. The maximum Gasteiger partial charge on any atom is 0.280 e. The molecule has 34 heavy (non-hydrogen) atoms. The van der Waals surface area contributed by atoms with E-state index in [0.29, 0.717) is 42.0 Å². The Balaban J connectivity index is 1.54. The molecule has 0 N–H and O–H groups in total. The normalized spacial score (nSPS) is 13.6. The fraction of sp³-hybridized carbons (Fsp3) is 0.250. The van der Waals surface area contributed by atoms with Crippen molar-refractivity contribution in [2.75, 3.05) is 11.4 Å². The van der Waals surface area contributed by atoms with Crippen LogP contribution in [0, 0.1) is 25.5 Å². The van der Waals surface area contributed by atoms with E-state index in [2.05, 4.69) is 15.1 Å². The molecule has 174 valence electrons. The number of halogens is 4. The predicted molar refractivity (Wildman–Crippen MR) is 118 cm³/mol. The summed E-state index contributed by atoms with van der Waals surface area (Å²) in [7, 11) is 0. The van der Waals surface area contributed by atoms with Crippen LogP contribution in [0.5, 0.6) is 0 Å². The summed E-state index contributed by atoms with van der Waals surface area (Å²) in [4.78, 5) is 22.9. The average Bonchev–Trinajstić information content (AvgIpc) is 2.82. The van der Waals surface area contributed by atoms with Crippen LogP contribution in [-0.2, 0) is 13.0 Å². The van der Waals surface area contributed by atoms with Crippen LogP contribution in [-0.4, -0.2) is 26.1 Å². The first kappa shape index (κ1) is 22.0. The maximum absolute atomic E-state index is 13.7. The van der Waals surface area contributed by atoms with Gasteiger partial charge in [0.1, 0.15) is 5.69 Å². The van der Waals surface area contributed by atoms with E-state index < -0.39 is 29.3 Å². The highest BCUT2D eigenvalue weighted by atomic mass is 19.3. The van der Waals surface area contributed by atoms with Gasteiger partial charge in [-0.1, -0.05) is 6.07 Å². The van der Waals surface area contributed by atoms with Gasteiger partial charge in [0.25, 0.3) is 12.0 Å². The van der Waals surface area contributed by atoms with Gasteiger partial charge in [-0.3, -0.25) is 9.78 Å². The van der Waals surface area contributed by atoms with Crippen molar-refractivity contribution >= 4 is 11.5 Å². The summed E-state index contributed by atoms with van der Waals surface area (Å²) in [5, 5.41) is 4.45. The van der Waals surface area contributed by atoms with E-state index in [-0.39, 0.29) is 5.65 Å². The summed E-state index contributed by atoms with van der Waals surface area (Å²) in [6.07, 6.45) is -0.605. The topological polar surface area (TPSA) is 63.4 Å². The fourth-order valence-electron chi connectivity index (χ4n) is 4.19. The van der Waals surface area contributed by atoms with Gasteiger partial charge in [0.2, 0.25) is 0 Å². The molecule has 0 amide bonds. The van der Waals surface area contributed by atoms with Crippen LogP contribution in [0.2, 0.25) is 0 Å². The molecule has 0 atom stereocenters. The number of rotatable bonds is 3. The minimum atomic E-state index is -2.85. The number of aryl methyl sites for hydroxylation is 1. The van der Waals surface area contributed by atoms with Crippen LogP contribution in [0.15, 0.2) is 41.3 Å². The Kier molecular flexibility index (Phi) is 5.30. The molecule has 6 nitrogen and oxygen atoms in total. The van der Waals surface area contributed by atoms with E-state index >= 15 is 0 Å². The zero-order valence-electron chi connectivity index (χ0n) is 18.3. The molecule has 10 heteroatoms. The molecule has 3 aromatic heterocycles. The molecular formula is C24H19F4N5O. The average molecular weight is 469 g/mol. The highest BCUT2D eigenvalue weighted by Crippen LogP contribution is 2.30. The third-order valence-electron chi connectivity index (χ3n) is 6.16.